The molecule has 0 amide bonds. The lowest BCUT2D eigenvalue weighted by atomic mass is 10.1. The van der Waals surface area contributed by atoms with Gasteiger partial charge in [-0.1, -0.05) is 12.1 Å². The zero-order valence-electron chi connectivity index (χ0n) is 32.6. The molecular weight excluding hydrogens is 855 g/mol. The molecular formula is C46H30F10N8. The fourth-order valence-corrected chi connectivity index (χ4v) is 6.00. The predicted octanol–water partition coefficient (Wildman–Crippen LogP) is 13.9. The van der Waals surface area contributed by atoms with Crippen molar-refractivity contribution in [3.05, 3.63) is 193 Å². The zero-order valence-corrected chi connectivity index (χ0v) is 32.6. The number of aromatic nitrogens is 4. The molecule has 0 radical (unpaired) electrons. The number of hydrogen-bond acceptors (Lipinski definition) is 8. The van der Waals surface area contributed by atoms with Gasteiger partial charge in [0.2, 0.25) is 0 Å². The van der Waals surface area contributed by atoms with Gasteiger partial charge in [0, 0.05) is 59.7 Å². The standard InChI is InChI=1S/C24H16F6N4.C22H14F4N4/c25-23(26,27)17-3-1-5-19(13-17)33-21-11-15(7-9-31-21)16-8-10-32-22(12-16)34-20-6-2-4-18(14-20)24(28,29)30;23-17-3-1-15(11-19(17)25)29-21-9-13(5-7-27-21)14-6-8-28-22(10-14)30-16-2-4-18(24)20(26)12-16/h1-14H,(H,31,33)(H,32,34);1-12H,(H,27,29)(H,28,30). The normalized spacial score (nSPS) is 11.3. The lowest BCUT2D eigenvalue weighted by Crippen LogP contribution is -2.05. The number of rotatable bonds is 10. The molecule has 0 saturated heterocycles. The van der Waals surface area contributed by atoms with Crippen LogP contribution in [0, 0.1) is 23.3 Å². The number of nitrogens with zero attached hydrogens (tertiary/aromatic N) is 4. The van der Waals surface area contributed by atoms with Crippen LogP contribution in [0.5, 0.6) is 0 Å². The van der Waals surface area contributed by atoms with Crippen LogP contribution in [0.15, 0.2) is 158 Å². The number of alkyl halides is 6. The van der Waals surface area contributed by atoms with Crippen LogP contribution in [0.2, 0.25) is 0 Å². The molecule has 0 aliphatic heterocycles. The molecule has 4 N–H and O–H groups in total. The van der Waals surface area contributed by atoms with E-state index in [1.807, 2.05) is 0 Å². The molecule has 8 nitrogen and oxygen atoms in total. The highest BCUT2D eigenvalue weighted by molar-refractivity contribution is 5.73. The average Bonchev–Trinajstić information content (AvgIpc) is 3.26. The molecule has 0 fully saturated rings. The predicted molar refractivity (Wildman–Crippen MR) is 224 cm³/mol. The van der Waals surface area contributed by atoms with E-state index >= 15 is 0 Å². The van der Waals surface area contributed by atoms with Gasteiger partial charge >= 0.3 is 12.4 Å². The second-order valence-electron chi connectivity index (χ2n) is 13.6. The van der Waals surface area contributed by atoms with Gasteiger partial charge in [-0.2, -0.15) is 26.3 Å². The summed E-state index contributed by atoms with van der Waals surface area (Å²) in [4.78, 5) is 16.7. The zero-order chi connectivity index (χ0) is 45.4. The molecule has 4 aromatic carbocycles. The van der Waals surface area contributed by atoms with Gasteiger partial charge in [0.15, 0.2) is 23.3 Å². The van der Waals surface area contributed by atoms with Crippen molar-refractivity contribution < 1.29 is 43.9 Å². The Kier molecular flexibility index (Phi) is 13.0. The van der Waals surface area contributed by atoms with Crippen LogP contribution in [0.1, 0.15) is 11.1 Å². The van der Waals surface area contributed by atoms with Crippen LogP contribution in [-0.4, -0.2) is 19.9 Å². The van der Waals surface area contributed by atoms with E-state index in [4.69, 9.17) is 0 Å². The second-order valence-corrected chi connectivity index (χ2v) is 13.6. The highest BCUT2D eigenvalue weighted by Gasteiger charge is 2.31. The van der Waals surface area contributed by atoms with Crippen LogP contribution in [0.25, 0.3) is 22.3 Å². The largest absolute Gasteiger partial charge is 0.416 e. The molecule has 0 aliphatic rings. The van der Waals surface area contributed by atoms with Crippen molar-refractivity contribution in [2.45, 2.75) is 12.4 Å². The van der Waals surface area contributed by atoms with Gasteiger partial charge in [-0.05, 0) is 131 Å². The van der Waals surface area contributed by atoms with Crippen molar-refractivity contribution in [1.82, 2.24) is 19.9 Å². The summed E-state index contributed by atoms with van der Waals surface area (Å²) in [5.74, 6) is -2.27. The van der Waals surface area contributed by atoms with E-state index in [0.29, 0.717) is 45.8 Å². The molecule has 18 heteroatoms. The van der Waals surface area contributed by atoms with Gasteiger partial charge in [-0.3, -0.25) is 0 Å². The summed E-state index contributed by atoms with van der Waals surface area (Å²) in [5.41, 5.74) is 2.51. The number of pyridine rings is 4. The maximum atomic E-state index is 13.4. The Morgan fingerprint density at radius 3 is 0.891 bits per heavy atom. The van der Waals surface area contributed by atoms with E-state index < -0.39 is 46.7 Å². The summed E-state index contributed by atoms with van der Waals surface area (Å²) in [6.07, 6.45) is -2.81. The van der Waals surface area contributed by atoms with Gasteiger partial charge in [-0.15, -0.1) is 0 Å². The monoisotopic (exact) mass is 884 g/mol. The first kappa shape index (κ1) is 44.0. The Hall–Kier alpha value is -8.02. The van der Waals surface area contributed by atoms with E-state index in [1.165, 1.54) is 48.8 Å². The molecule has 64 heavy (non-hydrogen) atoms. The summed E-state index contributed by atoms with van der Waals surface area (Å²) in [6.45, 7) is 0. The molecule has 8 rings (SSSR count). The first-order chi connectivity index (χ1) is 30.6. The minimum absolute atomic E-state index is 0.223. The van der Waals surface area contributed by atoms with E-state index in [2.05, 4.69) is 41.2 Å². The number of nitrogens with one attached hydrogen (secondary N) is 4. The molecule has 0 saturated carbocycles. The molecule has 4 aromatic heterocycles. The fraction of sp³-hybridized carbons (Fsp3) is 0.0435. The molecule has 0 spiro atoms. The average molecular weight is 885 g/mol. The first-order valence-electron chi connectivity index (χ1n) is 18.7. The van der Waals surface area contributed by atoms with Gasteiger partial charge in [0.25, 0.3) is 0 Å². The summed E-state index contributed by atoms with van der Waals surface area (Å²) in [6, 6.07) is 30.1. The maximum absolute atomic E-state index is 13.4. The minimum Gasteiger partial charge on any atom is -0.340 e. The van der Waals surface area contributed by atoms with Gasteiger partial charge in [-0.25, -0.2) is 37.5 Å². The molecule has 324 valence electrons. The Labute approximate surface area is 357 Å². The van der Waals surface area contributed by atoms with Crippen molar-refractivity contribution >= 4 is 46.0 Å². The second kappa shape index (κ2) is 18.9. The summed E-state index contributed by atoms with van der Waals surface area (Å²) < 4.78 is 131. The van der Waals surface area contributed by atoms with Crippen LogP contribution in [-0.2, 0) is 12.4 Å². The van der Waals surface area contributed by atoms with Crippen molar-refractivity contribution in [1.29, 1.82) is 0 Å². The van der Waals surface area contributed by atoms with Gasteiger partial charge < -0.3 is 21.3 Å². The van der Waals surface area contributed by atoms with E-state index in [0.717, 1.165) is 59.7 Å². The molecule has 8 aromatic rings. The number of anilines is 8. The maximum Gasteiger partial charge on any atom is 0.416 e. The third-order valence-corrected chi connectivity index (χ3v) is 9.02. The van der Waals surface area contributed by atoms with Gasteiger partial charge in [0.05, 0.1) is 11.1 Å². The summed E-state index contributed by atoms with van der Waals surface area (Å²) in [5, 5.41) is 11.5. The first-order valence-corrected chi connectivity index (χ1v) is 18.7. The Morgan fingerprint density at radius 2 is 0.609 bits per heavy atom. The third-order valence-electron chi connectivity index (χ3n) is 9.02. The third kappa shape index (κ3) is 11.7. The fourth-order valence-electron chi connectivity index (χ4n) is 6.00. The minimum atomic E-state index is -4.47. The molecule has 0 atom stereocenters. The van der Waals surface area contributed by atoms with Crippen molar-refractivity contribution in [3.8, 4) is 22.3 Å². The van der Waals surface area contributed by atoms with Crippen molar-refractivity contribution in [3.63, 3.8) is 0 Å². The lowest BCUT2D eigenvalue weighted by Gasteiger charge is -2.12. The number of benzene rings is 4. The van der Waals surface area contributed by atoms with Crippen LogP contribution < -0.4 is 21.3 Å². The summed E-state index contributed by atoms with van der Waals surface area (Å²) >= 11 is 0. The van der Waals surface area contributed by atoms with E-state index in [-0.39, 0.29) is 11.4 Å². The lowest BCUT2D eigenvalue weighted by molar-refractivity contribution is -0.138. The highest BCUT2D eigenvalue weighted by atomic mass is 19.4. The van der Waals surface area contributed by atoms with Crippen molar-refractivity contribution in [2.75, 3.05) is 21.3 Å². The number of halogens is 10. The molecule has 0 aliphatic carbocycles. The van der Waals surface area contributed by atoms with Crippen LogP contribution in [0.4, 0.5) is 89.9 Å². The quantitative estimate of drug-likeness (QED) is 0.101. The van der Waals surface area contributed by atoms with Crippen LogP contribution >= 0.6 is 0 Å². The van der Waals surface area contributed by atoms with Crippen LogP contribution in [0.3, 0.4) is 0 Å². The summed E-state index contributed by atoms with van der Waals surface area (Å²) in [7, 11) is 0. The molecule has 4 heterocycles. The SMILES string of the molecule is FC(F)(F)c1cccc(Nc2cc(-c3ccnc(Nc4cccc(C(F)(F)F)c4)c3)ccn2)c1.Fc1ccc(Nc2cc(-c3ccnc(Nc4ccc(F)c(F)c4)c3)ccn2)cc1F. The highest BCUT2D eigenvalue weighted by Crippen LogP contribution is 2.34. The Bertz CT molecular complexity index is 2710. The van der Waals surface area contributed by atoms with Crippen molar-refractivity contribution in [2.24, 2.45) is 0 Å². The van der Waals surface area contributed by atoms with E-state index in [9.17, 15) is 43.9 Å². The van der Waals surface area contributed by atoms with E-state index in [1.54, 1.807) is 60.9 Å². The molecule has 0 unspecified atom stereocenters. The van der Waals surface area contributed by atoms with Gasteiger partial charge in [0.1, 0.15) is 23.3 Å². The molecule has 0 bridgehead atoms. The Morgan fingerprint density at radius 1 is 0.312 bits per heavy atom. The smallest absolute Gasteiger partial charge is 0.340 e. The Balaban J connectivity index is 0.000000193. The topological polar surface area (TPSA) is 99.7 Å². The number of hydrogen-bond donors (Lipinski definition) is 4.